The SMILES string of the molecule is COCCCNCc1cn(-c2cc(C)ccc2C)nc1-c1ccccc1. The average Bonchev–Trinajstić information content (AvgIpc) is 3.08. The van der Waals surface area contributed by atoms with Gasteiger partial charge in [-0.2, -0.15) is 5.10 Å². The van der Waals surface area contributed by atoms with Crippen molar-refractivity contribution in [3.63, 3.8) is 0 Å². The van der Waals surface area contributed by atoms with Crippen molar-refractivity contribution in [1.82, 2.24) is 15.1 Å². The van der Waals surface area contributed by atoms with Gasteiger partial charge in [0.05, 0.1) is 11.4 Å². The van der Waals surface area contributed by atoms with Crippen LogP contribution in [0.3, 0.4) is 0 Å². The lowest BCUT2D eigenvalue weighted by Crippen LogP contribution is -2.16. The summed E-state index contributed by atoms with van der Waals surface area (Å²) in [4.78, 5) is 0. The molecule has 1 heterocycles. The Bertz CT molecular complexity index is 840. The fourth-order valence-corrected chi connectivity index (χ4v) is 3.03. The molecular formula is C22H27N3O. The van der Waals surface area contributed by atoms with Crippen molar-refractivity contribution in [1.29, 1.82) is 0 Å². The van der Waals surface area contributed by atoms with E-state index in [0.717, 1.165) is 43.1 Å². The molecule has 0 unspecified atom stereocenters. The van der Waals surface area contributed by atoms with Gasteiger partial charge in [0.1, 0.15) is 0 Å². The molecule has 1 aromatic heterocycles. The molecule has 26 heavy (non-hydrogen) atoms. The largest absolute Gasteiger partial charge is 0.385 e. The minimum absolute atomic E-state index is 0.778. The van der Waals surface area contributed by atoms with Crippen LogP contribution in [0.2, 0.25) is 0 Å². The normalized spacial score (nSPS) is 11.0. The maximum atomic E-state index is 5.12. The zero-order valence-corrected chi connectivity index (χ0v) is 15.8. The predicted octanol–water partition coefficient (Wildman–Crippen LogP) is 4.28. The van der Waals surface area contributed by atoms with Crippen molar-refractivity contribution < 1.29 is 4.74 Å². The van der Waals surface area contributed by atoms with Crippen LogP contribution in [0.5, 0.6) is 0 Å². The molecule has 0 aliphatic carbocycles. The van der Waals surface area contributed by atoms with Crippen LogP contribution >= 0.6 is 0 Å². The smallest absolute Gasteiger partial charge is 0.0972 e. The van der Waals surface area contributed by atoms with Gasteiger partial charge >= 0.3 is 0 Å². The van der Waals surface area contributed by atoms with E-state index in [-0.39, 0.29) is 0 Å². The molecule has 0 bridgehead atoms. The molecule has 3 aromatic rings. The summed E-state index contributed by atoms with van der Waals surface area (Å²) in [6, 6.07) is 16.9. The van der Waals surface area contributed by atoms with E-state index in [0.29, 0.717) is 0 Å². The van der Waals surface area contributed by atoms with E-state index in [1.54, 1.807) is 7.11 Å². The number of hydrogen-bond acceptors (Lipinski definition) is 3. The van der Waals surface area contributed by atoms with Gasteiger partial charge in [0, 0.05) is 37.6 Å². The zero-order chi connectivity index (χ0) is 18.4. The number of aromatic nitrogens is 2. The fraction of sp³-hybridized carbons (Fsp3) is 0.318. The molecule has 2 aromatic carbocycles. The maximum absolute atomic E-state index is 5.12. The van der Waals surface area contributed by atoms with Gasteiger partial charge in [0.15, 0.2) is 0 Å². The molecule has 136 valence electrons. The molecule has 3 rings (SSSR count). The molecule has 0 atom stereocenters. The number of methoxy groups -OCH3 is 1. The third-order valence-electron chi connectivity index (χ3n) is 4.47. The van der Waals surface area contributed by atoms with Gasteiger partial charge in [-0.05, 0) is 44.0 Å². The summed E-state index contributed by atoms with van der Waals surface area (Å²) < 4.78 is 7.13. The Balaban J connectivity index is 1.91. The van der Waals surface area contributed by atoms with E-state index >= 15 is 0 Å². The van der Waals surface area contributed by atoms with Crippen molar-refractivity contribution in [3.05, 3.63) is 71.4 Å². The zero-order valence-electron chi connectivity index (χ0n) is 15.8. The lowest BCUT2D eigenvalue weighted by atomic mass is 10.1. The van der Waals surface area contributed by atoms with Gasteiger partial charge < -0.3 is 10.1 Å². The summed E-state index contributed by atoms with van der Waals surface area (Å²) >= 11 is 0. The van der Waals surface area contributed by atoms with Gasteiger partial charge in [-0.3, -0.25) is 0 Å². The van der Waals surface area contributed by atoms with E-state index in [1.807, 2.05) is 10.7 Å². The summed E-state index contributed by atoms with van der Waals surface area (Å²) in [7, 11) is 1.74. The molecule has 0 aliphatic heterocycles. The fourth-order valence-electron chi connectivity index (χ4n) is 3.03. The average molecular weight is 349 g/mol. The first-order chi connectivity index (χ1) is 12.7. The molecule has 0 spiro atoms. The molecule has 4 nitrogen and oxygen atoms in total. The van der Waals surface area contributed by atoms with Crippen LogP contribution in [-0.4, -0.2) is 30.0 Å². The predicted molar refractivity (Wildman–Crippen MR) is 107 cm³/mol. The third-order valence-corrected chi connectivity index (χ3v) is 4.47. The molecule has 4 heteroatoms. The van der Waals surface area contributed by atoms with E-state index < -0.39 is 0 Å². The van der Waals surface area contributed by atoms with Crippen LogP contribution in [0.4, 0.5) is 0 Å². The van der Waals surface area contributed by atoms with Crippen molar-refractivity contribution in [2.24, 2.45) is 0 Å². The second kappa shape index (κ2) is 8.79. The van der Waals surface area contributed by atoms with Gasteiger partial charge in [-0.25, -0.2) is 4.68 Å². The number of hydrogen-bond donors (Lipinski definition) is 1. The van der Waals surface area contributed by atoms with Gasteiger partial charge in [0.2, 0.25) is 0 Å². The minimum Gasteiger partial charge on any atom is -0.385 e. The standard InChI is InChI=1S/C22H27N3O/c1-17-10-11-18(2)21(14-17)25-16-20(15-23-12-7-13-26-3)22(24-25)19-8-5-4-6-9-19/h4-6,8-11,14,16,23H,7,12-13,15H2,1-3H3. The number of nitrogens with one attached hydrogen (secondary N) is 1. The molecule has 0 saturated carbocycles. The first kappa shape index (κ1) is 18.4. The summed E-state index contributed by atoms with van der Waals surface area (Å²) in [5.41, 5.74) is 6.97. The number of rotatable bonds is 8. The first-order valence-corrected chi connectivity index (χ1v) is 9.10. The highest BCUT2D eigenvalue weighted by Crippen LogP contribution is 2.25. The highest BCUT2D eigenvalue weighted by atomic mass is 16.5. The van der Waals surface area contributed by atoms with E-state index in [4.69, 9.17) is 9.84 Å². The topological polar surface area (TPSA) is 39.1 Å². The number of benzene rings is 2. The summed E-state index contributed by atoms with van der Waals surface area (Å²) in [5.74, 6) is 0. The Kier molecular flexibility index (Phi) is 6.21. The summed E-state index contributed by atoms with van der Waals surface area (Å²) in [5, 5.41) is 8.42. The third kappa shape index (κ3) is 4.40. The quantitative estimate of drug-likeness (QED) is 0.617. The van der Waals surface area contributed by atoms with E-state index in [1.165, 1.54) is 16.7 Å². The van der Waals surface area contributed by atoms with Crippen LogP contribution in [0.25, 0.3) is 16.9 Å². The van der Waals surface area contributed by atoms with Crippen LogP contribution in [-0.2, 0) is 11.3 Å². The van der Waals surface area contributed by atoms with Crippen molar-refractivity contribution in [2.45, 2.75) is 26.8 Å². The molecule has 0 aliphatic rings. The van der Waals surface area contributed by atoms with Crippen molar-refractivity contribution in [3.8, 4) is 16.9 Å². The minimum atomic E-state index is 0.778. The molecule has 0 fully saturated rings. The second-order valence-corrected chi connectivity index (χ2v) is 6.63. The highest BCUT2D eigenvalue weighted by Gasteiger charge is 2.13. The van der Waals surface area contributed by atoms with Crippen LogP contribution in [0.1, 0.15) is 23.1 Å². The molecule has 1 N–H and O–H groups in total. The van der Waals surface area contributed by atoms with Gasteiger partial charge in [-0.15, -0.1) is 0 Å². The molecule has 0 amide bonds. The number of aryl methyl sites for hydroxylation is 2. The van der Waals surface area contributed by atoms with Gasteiger partial charge in [0.25, 0.3) is 0 Å². The summed E-state index contributed by atoms with van der Waals surface area (Å²) in [6.07, 6.45) is 3.15. The first-order valence-electron chi connectivity index (χ1n) is 9.10. The Morgan fingerprint density at radius 3 is 2.65 bits per heavy atom. The monoisotopic (exact) mass is 349 g/mol. The molecule has 0 saturated heterocycles. The van der Waals surface area contributed by atoms with Crippen molar-refractivity contribution >= 4 is 0 Å². The maximum Gasteiger partial charge on any atom is 0.0972 e. The van der Waals surface area contributed by atoms with Crippen molar-refractivity contribution in [2.75, 3.05) is 20.3 Å². The van der Waals surface area contributed by atoms with E-state index in [2.05, 4.69) is 67.8 Å². The van der Waals surface area contributed by atoms with E-state index in [9.17, 15) is 0 Å². The van der Waals surface area contributed by atoms with Crippen LogP contribution in [0.15, 0.2) is 54.7 Å². The second-order valence-electron chi connectivity index (χ2n) is 6.63. The Labute approximate surface area is 155 Å². The Morgan fingerprint density at radius 1 is 1.08 bits per heavy atom. The lowest BCUT2D eigenvalue weighted by molar-refractivity contribution is 0.194. The lowest BCUT2D eigenvalue weighted by Gasteiger charge is -2.06. The highest BCUT2D eigenvalue weighted by molar-refractivity contribution is 5.63. The Morgan fingerprint density at radius 2 is 1.88 bits per heavy atom. The van der Waals surface area contributed by atoms with Crippen LogP contribution in [0, 0.1) is 13.8 Å². The van der Waals surface area contributed by atoms with Crippen LogP contribution < -0.4 is 5.32 Å². The molecular weight excluding hydrogens is 322 g/mol. The number of ether oxygens (including phenoxy) is 1. The Hall–Kier alpha value is -2.43. The van der Waals surface area contributed by atoms with Gasteiger partial charge in [-0.1, -0.05) is 42.5 Å². The number of nitrogens with zero attached hydrogens (tertiary/aromatic N) is 2. The summed E-state index contributed by atoms with van der Waals surface area (Å²) in [6.45, 7) is 6.74. The molecule has 0 radical (unpaired) electrons.